The van der Waals surface area contributed by atoms with Gasteiger partial charge in [-0.3, -0.25) is 4.79 Å². The third kappa shape index (κ3) is 4.69. The standard InChI is InChI=1S/C21H18N4O3S2/c1-28-19(27)14-8-6-13(7-9-14)12-29-21-25-24-20(30-21)23-18(26)10-15-11-22-17-5-3-2-4-16(15)17/h2-9,11,22H,10,12H2,1H3,(H,23,24,26). The molecular weight excluding hydrogens is 420 g/mol. The highest BCUT2D eigenvalue weighted by Crippen LogP contribution is 2.28. The summed E-state index contributed by atoms with van der Waals surface area (Å²) in [6.07, 6.45) is 2.12. The SMILES string of the molecule is COC(=O)c1ccc(CSc2nnc(NC(=O)Cc3c[nH]c4ccccc34)s2)cc1. The number of H-pyrrole nitrogens is 1. The van der Waals surface area contributed by atoms with Gasteiger partial charge >= 0.3 is 5.97 Å². The van der Waals surface area contributed by atoms with Gasteiger partial charge in [0.05, 0.1) is 19.1 Å². The van der Waals surface area contributed by atoms with Gasteiger partial charge in [-0.25, -0.2) is 4.79 Å². The van der Waals surface area contributed by atoms with Crippen molar-refractivity contribution >= 4 is 51.0 Å². The lowest BCUT2D eigenvalue weighted by Crippen LogP contribution is -2.14. The van der Waals surface area contributed by atoms with E-state index in [1.807, 2.05) is 42.6 Å². The number of amides is 1. The van der Waals surface area contributed by atoms with Crippen LogP contribution in [0.3, 0.4) is 0 Å². The average molecular weight is 439 g/mol. The number of carbonyl (C=O) groups excluding carboxylic acids is 2. The van der Waals surface area contributed by atoms with E-state index in [0.29, 0.717) is 16.4 Å². The summed E-state index contributed by atoms with van der Waals surface area (Å²) in [6.45, 7) is 0. The Balaban J connectivity index is 1.31. The first-order valence-corrected chi connectivity index (χ1v) is 10.9. The van der Waals surface area contributed by atoms with Crippen LogP contribution in [-0.2, 0) is 21.7 Å². The molecule has 30 heavy (non-hydrogen) atoms. The summed E-state index contributed by atoms with van der Waals surface area (Å²) in [4.78, 5) is 27.0. The average Bonchev–Trinajstić information content (AvgIpc) is 3.39. The Hall–Kier alpha value is -3.17. The molecule has 152 valence electrons. The van der Waals surface area contributed by atoms with Crippen LogP contribution in [0.15, 0.2) is 59.1 Å². The number of esters is 1. The molecule has 0 fully saturated rings. The number of para-hydroxylation sites is 1. The van der Waals surface area contributed by atoms with Gasteiger partial charge in [0.2, 0.25) is 11.0 Å². The van der Waals surface area contributed by atoms with Crippen LogP contribution in [0.4, 0.5) is 5.13 Å². The number of hydrogen-bond acceptors (Lipinski definition) is 7. The van der Waals surface area contributed by atoms with Crippen LogP contribution in [0.1, 0.15) is 21.5 Å². The topological polar surface area (TPSA) is 97.0 Å². The van der Waals surface area contributed by atoms with Gasteiger partial charge in [0, 0.05) is 22.9 Å². The molecule has 0 saturated heterocycles. The minimum atomic E-state index is -0.355. The van der Waals surface area contributed by atoms with E-state index in [9.17, 15) is 9.59 Å². The van der Waals surface area contributed by atoms with Crippen LogP contribution in [0, 0.1) is 0 Å². The Morgan fingerprint density at radius 1 is 1.13 bits per heavy atom. The summed E-state index contributed by atoms with van der Waals surface area (Å²) in [7, 11) is 1.36. The zero-order valence-electron chi connectivity index (χ0n) is 16.0. The van der Waals surface area contributed by atoms with E-state index >= 15 is 0 Å². The Bertz CT molecular complexity index is 1180. The number of fused-ring (bicyclic) bond motifs is 1. The first-order chi connectivity index (χ1) is 14.6. The smallest absolute Gasteiger partial charge is 0.337 e. The molecule has 0 aliphatic carbocycles. The Kier molecular flexibility index (Phi) is 6.10. The minimum absolute atomic E-state index is 0.133. The molecule has 2 N–H and O–H groups in total. The second-order valence-electron chi connectivity index (χ2n) is 6.43. The summed E-state index contributed by atoms with van der Waals surface area (Å²) in [5.41, 5.74) is 3.52. The maximum absolute atomic E-state index is 12.4. The molecule has 0 aliphatic heterocycles. The van der Waals surface area contributed by atoms with Crippen molar-refractivity contribution < 1.29 is 14.3 Å². The highest BCUT2D eigenvalue weighted by molar-refractivity contribution is 8.00. The number of nitrogens with one attached hydrogen (secondary N) is 2. The van der Waals surface area contributed by atoms with Crippen LogP contribution < -0.4 is 5.32 Å². The lowest BCUT2D eigenvalue weighted by molar-refractivity contribution is -0.115. The zero-order valence-corrected chi connectivity index (χ0v) is 17.7. The molecule has 0 unspecified atom stereocenters. The predicted octanol–water partition coefficient (Wildman–Crippen LogP) is 4.28. The maximum atomic E-state index is 12.4. The predicted molar refractivity (Wildman–Crippen MR) is 118 cm³/mol. The molecule has 0 radical (unpaired) electrons. The van der Waals surface area contributed by atoms with Crippen LogP contribution in [-0.4, -0.2) is 34.2 Å². The van der Waals surface area contributed by atoms with Crippen molar-refractivity contribution in [1.29, 1.82) is 0 Å². The van der Waals surface area contributed by atoms with Crippen molar-refractivity contribution in [3.05, 3.63) is 71.4 Å². The molecule has 0 saturated carbocycles. The zero-order chi connectivity index (χ0) is 20.9. The molecule has 4 rings (SSSR count). The fraction of sp³-hybridized carbons (Fsp3) is 0.143. The first kappa shape index (κ1) is 20.1. The Morgan fingerprint density at radius 3 is 2.73 bits per heavy atom. The van der Waals surface area contributed by atoms with Gasteiger partial charge in [0.25, 0.3) is 0 Å². The normalized spacial score (nSPS) is 10.8. The van der Waals surface area contributed by atoms with Crippen LogP contribution in [0.25, 0.3) is 10.9 Å². The molecule has 2 aromatic carbocycles. The van der Waals surface area contributed by atoms with Crippen LogP contribution >= 0.6 is 23.1 Å². The lowest BCUT2D eigenvalue weighted by Gasteiger charge is -2.02. The van der Waals surface area contributed by atoms with Crippen LogP contribution in [0.2, 0.25) is 0 Å². The summed E-state index contributed by atoms with van der Waals surface area (Å²) in [5, 5.41) is 12.5. The Labute approximate surface area is 180 Å². The van der Waals surface area contributed by atoms with Crippen molar-refractivity contribution in [3.63, 3.8) is 0 Å². The van der Waals surface area contributed by atoms with Gasteiger partial charge < -0.3 is 15.0 Å². The molecule has 0 atom stereocenters. The van der Waals surface area contributed by atoms with E-state index in [-0.39, 0.29) is 18.3 Å². The van der Waals surface area contributed by atoms with Crippen LogP contribution in [0.5, 0.6) is 0 Å². The number of aromatic nitrogens is 3. The fourth-order valence-corrected chi connectivity index (χ4v) is 4.66. The monoisotopic (exact) mass is 438 g/mol. The molecule has 2 heterocycles. The quantitative estimate of drug-likeness (QED) is 0.254. The molecule has 0 aliphatic rings. The van der Waals surface area contributed by atoms with E-state index < -0.39 is 0 Å². The molecule has 4 aromatic rings. The number of anilines is 1. The first-order valence-electron chi connectivity index (χ1n) is 9.11. The third-order valence-electron chi connectivity index (χ3n) is 4.42. The lowest BCUT2D eigenvalue weighted by atomic mass is 10.1. The molecule has 0 bridgehead atoms. The summed E-state index contributed by atoms with van der Waals surface area (Å²) in [6, 6.07) is 15.1. The summed E-state index contributed by atoms with van der Waals surface area (Å²) < 4.78 is 5.46. The van der Waals surface area contributed by atoms with Crippen molar-refractivity contribution in [2.45, 2.75) is 16.5 Å². The number of thioether (sulfide) groups is 1. The second kappa shape index (κ2) is 9.10. The molecular formula is C21H18N4O3S2. The van der Waals surface area contributed by atoms with E-state index in [1.54, 1.807) is 12.1 Å². The van der Waals surface area contributed by atoms with Crippen molar-refractivity contribution in [3.8, 4) is 0 Å². The van der Waals surface area contributed by atoms with E-state index in [2.05, 4.69) is 20.5 Å². The summed E-state index contributed by atoms with van der Waals surface area (Å²) >= 11 is 2.86. The molecule has 2 aromatic heterocycles. The molecule has 1 amide bonds. The number of hydrogen-bond donors (Lipinski definition) is 2. The number of carbonyl (C=O) groups is 2. The highest BCUT2D eigenvalue weighted by atomic mass is 32.2. The molecule has 0 spiro atoms. The maximum Gasteiger partial charge on any atom is 0.337 e. The molecule has 9 heteroatoms. The largest absolute Gasteiger partial charge is 0.465 e. The second-order valence-corrected chi connectivity index (χ2v) is 8.63. The number of rotatable bonds is 7. The van der Waals surface area contributed by atoms with E-state index in [0.717, 1.165) is 26.4 Å². The van der Waals surface area contributed by atoms with Gasteiger partial charge in [-0.05, 0) is 29.3 Å². The van der Waals surface area contributed by atoms with Crippen molar-refractivity contribution in [1.82, 2.24) is 15.2 Å². The van der Waals surface area contributed by atoms with Gasteiger partial charge in [-0.1, -0.05) is 53.4 Å². The Morgan fingerprint density at radius 2 is 1.93 bits per heavy atom. The molecule has 7 nitrogen and oxygen atoms in total. The van der Waals surface area contributed by atoms with Gasteiger partial charge in [-0.15, -0.1) is 10.2 Å². The number of ether oxygens (including phenoxy) is 1. The number of methoxy groups -OCH3 is 1. The van der Waals surface area contributed by atoms with Crippen molar-refractivity contribution in [2.75, 3.05) is 12.4 Å². The number of benzene rings is 2. The highest BCUT2D eigenvalue weighted by Gasteiger charge is 2.12. The fourth-order valence-electron chi connectivity index (χ4n) is 2.93. The van der Waals surface area contributed by atoms with Gasteiger partial charge in [0.1, 0.15) is 0 Å². The van der Waals surface area contributed by atoms with E-state index in [4.69, 9.17) is 4.74 Å². The number of aromatic amines is 1. The van der Waals surface area contributed by atoms with E-state index in [1.165, 1.54) is 30.2 Å². The van der Waals surface area contributed by atoms with Gasteiger partial charge in [0.15, 0.2) is 4.34 Å². The van der Waals surface area contributed by atoms with Crippen molar-refractivity contribution in [2.24, 2.45) is 0 Å². The van der Waals surface area contributed by atoms with Gasteiger partial charge in [-0.2, -0.15) is 0 Å². The minimum Gasteiger partial charge on any atom is -0.465 e. The number of nitrogens with zero attached hydrogens (tertiary/aromatic N) is 2. The third-order valence-corrected chi connectivity index (χ3v) is 6.46. The summed E-state index contributed by atoms with van der Waals surface area (Å²) in [5.74, 6) is 0.191.